The van der Waals surface area contributed by atoms with E-state index in [1.807, 2.05) is 30.3 Å². The molecule has 1 aliphatic rings. The van der Waals surface area contributed by atoms with Gasteiger partial charge < -0.3 is 29.6 Å². The number of guanidine groups is 1. The average molecular weight is 569 g/mol. The van der Waals surface area contributed by atoms with Crippen molar-refractivity contribution in [1.82, 2.24) is 10.6 Å². The Hall–Kier alpha value is -2.20. The van der Waals surface area contributed by atoms with E-state index in [2.05, 4.69) is 29.7 Å². The molecule has 0 amide bonds. The molecule has 0 atom stereocenters. The number of rotatable bonds is 9. The predicted octanol–water partition coefficient (Wildman–Crippen LogP) is 4.13. The molecule has 33 heavy (non-hydrogen) atoms. The summed E-state index contributed by atoms with van der Waals surface area (Å²) in [5.41, 5.74) is 2.34. The number of aliphatic imine (C=N–C) groups is 1. The highest BCUT2D eigenvalue weighted by atomic mass is 127. The fraction of sp³-hybridized carbons (Fsp3) is 0.480. The van der Waals surface area contributed by atoms with Crippen LogP contribution in [-0.2, 0) is 16.7 Å². The van der Waals surface area contributed by atoms with Gasteiger partial charge in [0.1, 0.15) is 5.75 Å². The standard InChI is InChI=1S/C25H35N3O4.HI/c1-5-26-24(27-17-19-6-11-22(30-3)23(16-19)31-4)28-18-25(12-14-32-15-13-25)20-7-9-21(29-2)10-8-20;/h6-11,16H,5,12-15,17-18H2,1-4H3,(H2,26,27,28);1H. The van der Waals surface area contributed by atoms with Crippen molar-refractivity contribution < 1.29 is 18.9 Å². The number of hydrogen-bond donors (Lipinski definition) is 2. The van der Waals surface area contributed by atoms with Crippen LogP contribution < -0.4 is 24.8 Å². The molecule has 3 rings (SSSR count). The molecule has 0 bridgehead atoms. The number of halogens is 1. The molecule has 182 valence electrons. The number of nitrogens with one attached hydrogen (secondary N) is 2. The maximum absolute atomic E-state index is 5.67. The fourth-order valence-electron chi connectivity index (χ4n) is 4.02. The van der Waals surface area contributed by atoms with Crippen LogP contribution in [0, 0.1) is 0 Å². The maximum Gasteiger partial charge on any atom is 0.191 e. The maximum atomic E-state index is 5.67. The van der Waals surface area contributed by atoms with Crippen molar-refractivity contribution in [3.05, 3.63) is 53.6 Å². The predicted molar refractivity (Wildman–Crippen MR) is 143 cm³/mol. The highest BCUT2D eigenvalue weighted by molar-refractivity contribution is 14.0. The lowest BCUT2D eigenvalue weighted by Gasteiger charge is -2.38. The minimum Gasteiger partial charge on any atom is -0.497 e. The van der Waals surface area contributed by atoms with Gasteiger partial charge >= 0.3 is 0 Å². The molecule has 2 N–H and O–H groups in total. The normalized spacial score (nSPS) is 15.2. The van der Waals surface area contributed by atoms with Crippen LogP contribution in [-0.4, -0.2) is 53.6 Å². The van der Waals surface area contributed by atoms with E-state index < -0.39 is 0 Å². The van der Waals surface area contributed by atoms with Gasteiger partial charge in [0.2, 0.25) is 0 Å². The number of methoxy groups -OCH3 is 3. The molecule has 0 aromatic heterocycles. The third kappa shape index (κ3) is 7.14. The Labute approximate surface area is 214 Å². The summed E-state index contributed by atoms with van der Waals surface area (Å²) in [5.74, 6) is 3.08. The Morgan fingerprint density at radius 2 is 1.64 bits per heavy atom. The van der Waals surface area contributed by atoms with E-state index in [4.69, 9.17) is 23.9 Å². The molecule has 2 aromatic carbocycles. The quantitative estimate of drug-likeness (QED) is 0.269. The first-order chi connectivity index (χ1) is 15.6. The molecule has 8 heteroatoms. The van der Waals surface area contributed by atoms with Crippen molar-refractivity contribution >= 4 is 29.9 Å². The summed E-state index contributed by atoms with van der Waals surface area (Å²) >= 11 is 0. The van der Waals surface area contributed by atoms with Gasteiger partial charge in [-0.25, -0.2) is 4.99 Å². The molecule has 1 aliphatic heterocycles. The van der Waals surface area contributed by atoms with Crippen molar-refractivity contribution in [3.8, 4) is 17.2 Å². The highest BCUT2D eigenvalue weighted by Gasteiger charge is 2.34. The van der Waals surface area contributed by atoms with Crippen molar-refractivity contribution in [3.63, 3.8) is 0 Å². The van der Waals surface area contributed by atoms with Gasteiger partial charge in [0.25, 0.3) is 0 Å². The van der Waals surface area contributed by atoms with Gasteiger partial charge in [-0.1, -0.05) is 18.2 Å². The Bertz CT molecular complexity index is 884. The third-order valence-corrected chi connectivity index (χ3v) is 5.96. The van der Waals surface area contributed by atoms with E-state index in [-0.39, 0.29) is 29.4 Å². The fourth-order valence-corrected chi connectivity index (χ4v) is 4.02. The van der Waals surface area contributed by atoms with Gasteiger partial charge in [-0.05, 0) is 55.2 Å². The summed E-state index contributed by atoms with van der Waals surface area (Å²) in [6.07, 6.45) is 1.92. The molecule has 1 fully saturated rings. The molecule has 0 saturated carbocycles. The zero-order valence-electron chi connectivity index (χ0n) is 20.0. The van der Waals surface area contributed by atoms with Gasteiger partial charge in [-0.15, -0.1) is 24.0 Å². The third-order valence-electron chi connectivity index (χ3n) is 5.96. The lowest BCUT2D eigenvalue weighted by molar-refractivity contribution is 0.0513. The monoisotopic (exact) mass is 569 g/mol. The smallest absolute Gasteiger partial charge is 0.191 e. The van der Waals surface area contributed by atoms with Crippen LogP contribution in [0.4, 0.5) is 0 Å². The largest absolute Gasteiger partial charge is 0.497 e. The second-order valence-corrected chi connectivity index (χ2v) is 7.86. The highest BCUT2D eigenvalue weighted by Crippen LogP contribution is 2.35. The zero-order chi connectivity index (χ0) is 22.8. The van der Waals surface area contributed by atoms with Crippen molar-refractivity contribution in [1.29, 1.82) is 0 Å². The van der Waals surface area contributed by atoms with Crippen molar-refractivity contribution in [2.24, 2.45) is 4.99 Å². The minimum absolute atomic E-state index is 0. The average Bonchev–Trinajstić information content (AvgIpc) is 2.86. The molecule has 0 radical (unpaired) electrons. The summed E-state index contributed by atoms with van der Waals surface area (Å²) < 4.78 is 21.7. The van der Waals surface area contributed by atoms with E-state index >= 15 is 0 Å². The molecule has 7 nitrogen and oxygen atoms in total. The topological polar surface area (TPSA) is 73.3 Å². The van der Waals surface area contributed by atoms with Crippen LogP contribution in [0.1, 0.15) is 30.9 Å². The van der Waals surface area contributed by atoms with Crippen LogP contribution in [0.3, 0.4) is 0 Å². The van der Waals surface area contributed by atoms with E-state index in [0.29, 0.717) is 18.0 Å². The first-order valence-corrected chi connectivity index (χ1v) is 11.1. The minimum atomic E-state index is -0.00987. The first kappa shape index (κ1) is 27.0. The van der Waals surface area contributed by atoms with Gasteiger partial charge in [0, 0.05) is 31.7 Å². The molecular weight excluding hydrogens is 533 g/mol. The molecule has 1 saturated heterocycles. The molecule has 2 aromatic rings. The number of hydrogen-bond acceptors (Lipinski definition) is 5. The molecule has 1 heterocycles. The molecular formula is C25H36IN3O4. The van der Waals surface area contributed by atoms with E-state index in [1.165, 1.54) is 5.56 Å². The first-order valence-electron chi connectivity index (χ1n) is 11.1. The van der Waals surface area contributed by atoms with Gasteiger partial charge in [-0.2, -0.15) is 0 Å². The molecule has 0 spiro atoms. The van der Waals surface area contributed by atoms with Crippen molar-refractivity contribution in [2.45, 2.75) is 31.7 Å². The van der Waals surface area contributed by atoms with Crippen LogP contribution in [0.5, 0.6) is 17.2 Å². The number of nitrogens with zero attached hydrogens (tertiary/aromatic N) is 1. The lowest BCUT2D eigenvalue weighted by Crippen LogP contribution is -2.48. The zero-order valence-corrected chi connectivity index (χ0v) is 22.3. The Balaban J connectivity index is 0.00000385. The Kier molecular flexibility index (Phi) is 11.1. The van der Waals surface area contributed by atoms with Crippen LogP contribution in [0.15, 0.2) is 47.5 Å². The van der Waals surface area contributed by atoms with Crippen LogP contribution in [0.25, 0.3) is 0 Å². The second kappa shape index (κ2) is 13.5. The molecule has 0 unspecified atom stereocenters. The number of benzene rings is 2. The summed E-state index contributed by atoms with van der Waals surface area (Å²) in [4.78, 5) is 4.80. The summed E-state index contributed by atoms with van der Waals surface area (Å²) in [6.45, 7) is 5.69. The van der Waals surface area contributed by atoms with E-state index in [9.17, 15) is 0 Å². The SMILES string of the molecule is CCNC(=NCc1ccc(OC)c(OC)c1)NCC1(c2ccc(OC)cc2)CCOCC1.I. The van der Waals surface area contributed by atoms with Crippen LogP contribution in [0.2, 0.25) is 0 Å². The van der Waals surface area contributed by atoms with Gasteiger partial charge in [0.05, 0.1) is 27.9 Å². The molecule has 0 aliphatic carbocycles. The van der Waals surface area contributed by atoms with Crippen LogP contribution >= 0.6 is 24.0 Å². The summed E-state index contributed by atoms with van der Waals surface area (Å²) in [7, 11) is 4.97. The van der Waals surface area contributed by atoms with E-state index in [1.54, 1.807) is 21.3 Å². The van der Waals surface area contributed by atoms with Gasteiger partial charge in [-0.3, -0.25) is 0 Å². The van der Waals surface area contributed by atoms with E-state index in [0.717, 1.165) is 56.4 Å². The lowest BCUT2D eigenvalue weighted by atomic mass is 9.74. The number of ether oxygens (including phenoxy) is 4. The second-order valence-electron chi connectivity index (χ2n) is 7.86. The Morgan fingerprint density at radius 1 is 0.939 bits per heavy atom. The summed E-state index contributed by atoms with van der Waals surface area (Å²) in [5, 5.41) is 6.94. The summed E-state index contributed by atoms with van der Waals surface area (Å²) in [6, 6.07) is 14.3. The Morgan fingerprint density at radius 3 is 2.24 bits per heavy atom. The van der Waals surface area contributed by atoms with Gasteiger partial charge in [0.15, 0.2) is 17.5 Å². The van der Waals surface area contributed by atoms with Crippen molar-refractivity contribution in [2.75, 3.05) is 47.6 Å².